The zero-order valence-corrected chi connectivity index (χ0v) is 10.4. The van der Waals surface area contributed by atoms with Crippen LogP contribution in [0.3, 0.4) is 0 Å². The number of nitrogens with one attached hydrogen (secondary N) is 2. The van der Waals surface area contributed by atoms with Crippen LogP contribution >= 0.6 is 0 Å². The molecule has 0 radical (unpaired) electrons. The molecule has 94 valence electrons. The van der Waals surface area contributed by atoms with Gasteiger partial charge in [0.25, 0.3) is 0 Å². The van der Waals surface area contributed by atoms with Crippen molar-refractivity contribution in [1.29, 1.82) is 0 Å². The predicted molar refractivity (Wildman–Crippen MR) is 69.0 cm³/mol. The van der Waals surface area contributed by atoms with Gasteiger partial charge in [-0.25, -0.2) is 0 Å². The maximum absolute atomic E-state index is 5.64. The Bertz CT molecular complexity index is 510. The number of aromatic amines is 1. The lowest BCUT2D eigenvalue weighted by Gasteiger charge is -2.29. The van der Waals surface area contributed by atoms with Crippen LogP contribution in [0.15, 0.2) is 36.7 Å². The third-order valence-electron chi connectivity index (χ3n) is 3.44. The van der Waals surface area contributed by atoms with Crippen molar-refractivity contribution in [1.82, 2.24) is 15.5 Å². The molecule has 18 heavy (non-hydrogen) atoms. The van der Waals surface area contributed by atoms with Crippen LogP contribution in [0, 0.1) is 0 Å². The van der Waals surface area contributed by atoms with Gasteiger partial charge in [-0.2, -0.15) is 5.10 Å². The molecule has 0 saturated carbocycles. The van der Waals surface area contributed by atoms with Gasteiger partial charge in [-0.1, -0.05) is 24.3 Å². The van der Waals surface area contributed by atoms with Gasteiger partial charge in [-0.3, -0.25) is 5.10 Å². The molecule has 1 aromatic heterocycles. The van der Waals surface area contributed by atoms with E-state index < -0.39 is 0 Å². The van der Waals surface area contributed by atoms with Crippen molar-refractivity contribution in [3.05, 3.63) is 53.3 Å². The summed E-state index contributed by atoms with van der Waals surface area (Å²) in [6, 6.07) is 8.96. The van der Waals surface area contributed by atoms with Gasteiger partial charge in [-0.15, -0.1) is 0 Å². The molecule has 0 amide bonds. The molecule has 2 atom stereocenters. The molecule has 1 aliphatic rings. The molecule has 1 aliphatic heterocycles. The SMILES string of the molecule is CC(NC1COCc2ccccc21)c1cn[nH]c1. The second kappa shape index (κ2) is 4.92. The van der Waals surface area contributed by atoms with E-state index in [4.69, 9.17) is 4.74 Å². The van der Waals surface area contributed by atoms with Crippen LogP contribution in [0.5, 0.6) is 0 Å². The zero-order chi connectivity index (χ0) is 12.4. The number of benzene rings is 1. The number of hydrogen-bond acceptors (Lipinski definition) is 3. The van der Waals surface area contributed by atoms with Crippen LogP contribution in [0.2, 0.25) is 0 Å². The third kappa shape index (κ3) is 2.17. The van der Waals surface area contributed by atoms with Gasteiger partial charge in [0.15, 0.2) is 0 Å². The molecule has 3 rings (SSSR count). The highest BCUT2D eigenvalue weighted by Crippen LogP contribution is 2.26. The summed E-state index contributed by atoms with van der Waals surface area (Å²) in [7, 11) is 0. The average Bonchev–Trinajstić information content (AvgIpc) is 2.93. The fourth-order valence-electron chi connectivity index (χ4n) is 2.42. The van der Waals surface area contributed by atoms with Crippen LogP contribution in [0.4, 0.5) is 0 Å². The quantitative estimate of drug-likeness (QED) is 0.870. The summed E-state index contributed by atoms with van der Waals surface area (Å²) in [5.41, 5.74) is 3.79. The normalized spacial score (nSPS) is 20.4. The Balaban J connectivity index is 1.78. The van der Waals surface area contributed by atoms with E-state index >= 15 is 0 Å². The van der Waals surface area contributed by atoms with Crippen molar-refractivity contribution in [2.45, 2.75) is 25.6 Å². The molecule has 0 spiro atoms. The molecule has 2 unspecified atom stereocenters. The Morgan fingerprint density at radius 1 is 1.44 bits per heavy atom. The summed E-state index contributed by atoms with van der Waals surface area (Å²) in [5, 5.41) is 10.4. The van der Waals surface area contributed by atoms with Crippen LogP contribution in [-0.4, -0.2) is 16.8 Å². The van der Waals surface area contributed by atoms with Crippen LogP contribution in [-0.2, 0) is 11.3 Å². The molecule has 0 saturated heterocycles. The summed E-state index contributed by atoms with van der Waals surface area (Å²) < 4.78 is 5.64. The number of nitrogens with zero attached hydrogens (tertiary/aromatic N) is 1. The lowest BCUT2D eigenvalue weighted by Crippen LogP contribution is -2.31. The van der Waals surface area contributed by atoms with E-state index in [1.165, 1.54) is 11.1 Å². The number of hydrogen-bond donors (Lipinski definition) is 2. The van der Waals surface area contributed by atoms with Crippen molar-refractivity contribution in [3.63, 3.8) is 0 Å². The smallest absolute Gasteiger partial charge is 0.0721 e. The molecule has 1 aromatic carbocycles. The maximum atomic E-state index is 5.64. The summed E-state index contributed by atoms with van der Waals surface area (Å²) in [6.45, 7) is 3.58. The van der Waals surface area contributed by atoms with E-state index in [0.717, 1.165) is 12.2 Å². The number of fused-ring (bicyclic) bond motifs is 1. The molecule has 4 nitrogen and oxygen atoms in total. The van der Waals surface area contributed by atoms with Gasteiger partial charge in [-0.05, 0) is 18.1 Å². The monoisotopic (exact) mass is 243 g/mol. The Morgan fingerprint density at radius 3 is 3.17 bits per heavy atom. The zero-order valence-electron chi connectivity index (χ0n) is 10.4. The minimum absolute atomic E-state index is 0.250. The first-order chi connectivity index (χ1) is 8.84. The highest BCUT2D eigenvalue weighted by molar-refractivity contribution is 5.31. The Hall–Kier alpha value is -1.65. The molecule has 2 N–H and O–H groups in total. The summed E-state index contributed by atoms with van der Waals surface area (Å²) in [6.07, 6.45) is 3.78. The first kappa shape index (κ1) is 11.4. The topological polar surface area (TPSA) is 49.9 Å². The van der Waals surface area contributed by atoms with Crippen molar-refractivity contribution in [2.75, 3.05) is 6.61 Å². The number of aromatic nitrogens is 2. The van der Waals surface area contributed by atoms with Crippen LogP contribution in [0.25, 0.3) is 0 Å². The molecule has 2 heterocycles. The summed E-state index contributed by atoms with van der Waals surface area (Å²) in [5.74, 6) is 0. The van der Waals surface area contributed by atoms with Crippen LogP contribution < -0.4 is 5.32 Å². The molecular formula is C14H17N3O. The highest BCUT2D eigenvalue weighted by Gasteiger charge is 2.22. The lowest BCUT2D eigenvalue weighted by atomic mass is 9.98. The number of rotatable bonds is 3. The van der Waals surface area contributed by atoms with Gasteiger partial charge in [0.1, 0.15) is 0 Å². The second-order valence-electron chi connectivity index (χ2n) is 4.69. The molecule has 4 heteroatoms. The molecule has 0 aliphatic carbocycles. The fraction of sp³-hybridized carbons (Fsp3) is 0.357. The number of H-pyrrole nitrogens is 1. The van der Waals surface area contributed by atoms with Crippen LogP contribution in [0.1, 0.15) is 35.7 Å². The molecular weight excluding hydrogens is 226 g/mol. The molecule has 0 bridgehead atoms. The van der Waals surface area contributed by atoms with Crippen molar-refractivity contribution in [2.24, 2.45) is 0 Å². The highest BCUT2D eigenvalue weighted by atomic mass is 16.5. The average molecular weight is 243 g/mol. The Morgan fingerprint density at radius 2 is 2.33 bits per heavy atom. The standard InChI is InChI=1S/C14H17N3O/c1-10(12-6-15-16-7-12)17-14-9-18-8-11-4-2-3-5-13(11)14/h2-7,10,14,17H,8-9H2,1H3,(H,15,16). The first-order valence-corrected chi connectivity index (χ1v) is 6.25. The lowest BCUT2D eigenvalue weighted by molar-refractivity contribution is 0.0791. The fourth-order valence-corrected chi connectivity index (χ4v) is 2.42. The van der Waals surface area contributed by atoms with E-state index in [0.29, 0.717) is 6.61 Å². The number of ether oxygens (including phenoxy) is 1. The summed E-state index contributed by atoms with van der Waals surface area (Å²) >= 11 is 0. The Labute approximate surface area is 106 Å². The van der Waals surface area contributed by atoms with E-state index in [1.807, 2.05) is 12.4 Å². The minimum Gasteiger partial charge on any atom is -0.375 e. The predicted octanol–water partition coefficient (Wildman–Crippen LogP) is 2.33. The van der Waals surface area contributed by atoms with Crippen molar-refractivity contribution in [3.8, 4) is 0 Å². The van der Waals surface area contributed by atoms with Crippen molar-refractivity contribution >= 4 is 0 Å². The van der Waals surface area contributed by atoms with E-state index in [1.54, 1.807) is 0 Å². The van der Waals surface area contributed by atoms with Crippen molar-refractivity contribution < 1.29 is 4.74 Å². The van der Waals surface area contributed by atoms with Gasteiger partial charge in [0.2, 0.25) is 0 Å². The first-order valence-electron chi connectivity index (χ1n) is 6.25. The van der Waals surface area contributed by atoms with Gasteiger partial charge in [0.05, 0.1) is 25.5 Å². The van der Waals surface area contributed by atoms with Gasteiger partial charge in [0, 0.05) is 17.8 Å². The third-order valence-corrected chi connectivity index (χ3v) is 3.44. The van der Waals surface area contributed by atoms with Gasteiger partial charge < -0.3 is 10.1 Å². The molecule has 2 aromatic rings. The van der Waals surface area contributed by atoms with E-state index in [9.17, 15) is 0 Å². The summed E-state index contributed by atoms with van der Waals surface area (Å²) in [4.78, 5) is 0. The molecule has 0 fully saturated rings. The Kier molecular flexibility index (Phi) is 3.13. The van der Waals surface area contributed by atoms with Gasteiger partial charge >= 0.3 is 0 Å². The second-order valence-corrected chi connectivity index (χ2v) is 4.69. The maximum Gasteiger partial charge on any atom is 0.0721 e. The minimum atomic E-state index is 0.250. The van der Waals surface area contributed by atoms with E-state index in [-0.39, 0.29) is 12.1 Å². The largest absolute Gasteiger partial charge is 0.375 e. The van der Waals surface area contributed by atoms with E-state index in [2.05, 4.69) is 46.7 Å².